The molecule has 2 aliphatic heterocycles. The minimum absolute atomic E-state index is 0.0188. The fraction of sp³-hybridized carbons (Fsp3) is 0.647. The van der Waals surface area contributed by atoms with Gasteiger partial charge in [-0.1, -0.05) is 0 Å². The molecule has 0 bridgehead atoms. The number of aryl methyl sites for hydroxylation is 1. The lowest BCUT2D eigenvalue weighted by molar-refractivity contribution is -0.157. The molecule has 146 valence electrons. The zero-order valence-corrected chi connectivity index (χ0v) is 15.9. The molecule has 0 unspecified atom stereocenters. The molecule has 0 aromatic carbocycles. The number of carbonyl (C=O) groups is 1. The molecule has 4 heterocycles. The van der Waals surface area contributed by atoms with Crippen molar-refractivity contribution in [1.82, 2.24) is 29.8 Å². The zero-order chi connectivity index (χ0) is 19.0. The number of rotatable bonds is 5. The van der Waals surface area contributed by atoms with E-state index in [2.05, 4.69) is 30.2 Å². The number of anilines is 1. The second-order valence-corrected chi connectivity index (χ2v) is 7.29. The van der Waals surface area contributed by atoms with Gasteiger partial charge in [-0.05, 0) is 14.0 Å². The monoisotopic (exact) mass is 375 g/mol. The summed E-state index contributed by atoms with van der Waals surface area (Å²) < 4.78 is 12.9. The number of carbonyl (C=O) groups excluding carboxylic acids is 1. The highest BCUT2D eigenvalue weighted by Crippen LogP contribution is 2.34. The summed E-state index contributed by atoms with van der Waals surface area (Å²) >= 11 is 0. The van der Waals surface area contributed by atoms with E-state index in [0.717, 1.165) is 24.6 Å². The van der Waals surface area contributed by atoms with Gasteiger partial charge in [-0.15, -0.1) is 0 Å². The van der Waals surface area contributed by atoms with Crippen LogP contribution in [0.15, 0.2) is 12.4 Å². The molecule has 27 heavy (non-hydrogen) atoms. The highest BCUT2D eigenvalue weighted by molar-refractivity contribution is 5.82. The molecule has 10 heteroatoms. The SMILES string of the molecule is COCCNC(=O)[C@H]1COC2(CN(c3cc(C)nc4ncnn34)C2)CN1C. The van der Waals surface area contributed by atoms with Gasteiger partial charge in [0.15, 0.2) is 0 Å². The van der Waals surface area contributed by atoms with Crippen LogP contribution < -0.4 is 10.2 Å². The number of nitrogens with one attached hydrogen (secondary N) is 1. The van der Waals surface area contributed by atoms with E-state index >= 15 is 0 Å². The second kappa shape index (κ2) is 7.02. The summed E-state index contributed by atoms with van der Waals surface area (Å²) in [5.74, 6) is 1.54. The Bertz CT molecular complexity index is 833. The Balaban J connectivity index is 1.39. The van der Waals surface area contributed by atoms with Gasteiger partial charge < -0.3 is 19.7 Å². The normalized spacial score (nSPS) is 22.2. The van der Waals surface area contributed by atoms with E-state index in [1.165, 1.54) is 6.33 Å². The largest absolute Gasteiger partial charge is 0.383 e. The van der Waals surface area contributed by atoms with E-state index in [9.17, 15) is 4.79 Å². The predicted octanol–water partition coefficient (Wildman–Crippen LogP) is -0.915. The molecule has 2 aromatic rings. The van der Waals surface area contributed by atoms with E-state index in [1.54, 1.807) is 11.6 Å². The van der Waals surface area contributed by atoms with E-state index in [4.69, 9.17) is 9.47 Å². The zero-order valence-electron chi connectivity index (χ0n) is 15.9. The first-order valence-electron chi connectivity index (χ1n) is 9.04. The van der Waals surface area contributed by atoms with Crippen LogP contribution >= 0.6 is 0 Å². The molecule has 2 aromatic heterocycles. The summed E-state index contributed by atoms with van der Waals surface area (Å²) in [5, 5.41) is 7.15. The van der Waals surface area contributed by atoms with Crippen LogP contribution in [0.25, 0.3) is 5.78 Å². The Morgan fingerprint density at radius 2 is 2.26 bits per heavy atom. The molecule has 10 nitrogen and oxygen atoms in total. The number of hydrogen-bond donors (Lipinski definition) is 1. The molecule has 0 radical (unpaired) electrons. The van der Waals surface area contributed by atoms with Crippen molar-refractivity contribution < 1.29 is 14.3 Å². The molecule has 0 aliphatic carbocycles. The number of fused-ring (bicyclic) bond motifs is 1. The molecular formula is C17H25N7O3. The number of nitrogens with zero attached hydrogens (tertiary/aromatic N) is 6. The molecular weight excluding hydrogens is 350 g/mol. The topological polar surface area (TPSA) is 97.1 Å². The molecule has 1 N–H and O–H groups in total. The third-order valence-electron chi connectivity index (χ3n) is 5.17. The number of hydrogen-bond acceptors (Lipinski definition) is 8. The molecule has 2 aliphatic rings. The van der Waals surface area contributed by atoms with Crippen molar-refractivity contribution >= 4 is 17.5 Å². The summed E-state index contributed by atoms with van der Waals surface area (Å²) in [6, 6.07) is 1.74. The summed E-state index contributed by atoms with van der Waals surface area (Å²) in [4.78, 5) is 25.2. The number of methoxy groups -OCH3 is 1. The number of aromatic nitrogens is 4. The quantitative estimate of drug-likeness (QED) is 0.671. The molecule has 2 fully saturated rings. The second-order valence-electron chi connectivity index (χ2n) is 7.29. The Labute approximate surface area is 157 Å². The van der Waals surface area contributed by atoms with Crippen molar-refractivity contribution in [2.24, 2.45) is 0 Å². The summed E-state index contributed by atoms with van der Waals surface area (Å²) in [5.41, 5.74) is 0.642. The number of ether oxygens (including phenoxy) is 2. The lowest BCUT2D eigenvalue weighted by Crippen LogP contribution is -2.72. The standard InChI is InChI=1S/C17H25N7O3/c1-12-6-14(24-16(21-12)19-11-20-24)23-9-17(10-23)8-22(2)13(7-27-17)15(25)18-4-5-26-3/h6,11,13H,4-5,7-10H2,1-3H3,(H,18,25)/t13-/m1/s1. The average molecular weight is 375 g/mol. The third kappa shape index (κ3) is 3.35. The van der Waals surface area contributed by atoms with Crippen LogP contribution in [0.4, 0.5) is 5.82 Å². The van der Waals surface area contributed by atoms with E-state index in [0.29, 0.717) is 32.1 Å². The van der Waals surface area contributed by atoms with Crippen LogP contribution in [0.3, 0.4) is 0 Å². The van der Waals surface area contributed by atoms with Crippen molar-refractivity contribution in [2.45, 2.75) is 18.6 Å². The van der Waals surface area contributed by atoms with Crippen molar-refractivity contribution in [2.75, 3.05) is 58.5 Å². The smallest absolute Gasteiger partial charge is 0.254 e. The first kappa shape index (κ1) is 18.1. The molecule has 1 atom stereocenters. The highest BCUT2D eigenvalue weighted by Gasteiger charge is 2.50. The minimum atomic E-state index is -0.272. The van der Waals surface area contributed by atoms with Gasteiger partial charge in [0.2, 0.25) is 5.91 Å². The number of amides is 1. The maximum absolute atomic E-state index is 12.3. The summed E-state index contributed by atoms with van der Waals surface area (Å²) in [7, 11) is 3.59. The van der Waals surface area contributed by atoms with Gasteiger partial charge in [-0.2, -0.15) is 14.6 Å². The van der Waals surface area contributed by atoms with Crippen molar-refractivity contribution in [3.63, 3.8) is 0 Å². The van der Waals surface area contributed by atoms with Crippen molar-refractivity contribution in [1.29, 1.82) is 0 Å². The van der Waals surface area contributed by atoms with Gasteiger partial charge >= 0.3 is 0 Å². The van der Waals surface area contributed by atoms with Gasteiger partial charge in [0.05, 0.1) is 26.3 Å². The first-order chi connectivity index (χ1) is 13.0. The Kier molecular flexibility index (Phi) is 4.70. The maximum Gasteiger partial charge on any atom is 0.254 e. The summed E-state index contributed by atoms with van der Waals surface area (Å²) in [6.45, 7) is 5.54. The predicted molar refractivity (Wildman–Crippen MR) is 97.7 cm³/mol. The van der Waals surface area contributed by atoms with E-state index in [-0.39, 0.29) is 17.6 Å². The van der Waals surface area contributed by atoms with E-state index < -0.39 is 0 Å². The fourth-order valence-electron chi connectivity index (χ4n) is 3.80. The Morgan fingerprint density at radius 1 is 1.44 bits per heavy atom. The highest BCUT2D eigenvalue weighted by atomic mass is 16.5. The van der Waals surface area contributed by atoms with Gasteiger partial charge in [0.25, 0.3) is 5.78 Å². The van der Waals surface area contributed by atoms with Crippen LogP contribution in [0.2, 0.25) is 0 Å². The summed E-state index contributed by atoms with van der Waals surface area (Å²) in [6.07, 6.45) is 1.51. The molecule has 2 saturated heterocycles. The first-order valence-corrected chi connectivity index (χ1v) is 9.04. The fourth-order valence-corrected chi connectivity index (χ4v) is 3.80. The number of morpholine rings is 1. The average Bonchev–Trinajstić information content (AvgIpc) is 3.07. The van der Waals surface area contributed by atoms with Gasteiger partial charge in [-0.3, -0.25) is 9.69 Å². The van der Waals surface area contributed by atoms with Crippen molar-refractivity contribution in [3.8, 4) is 0 Å². The van der Waals surface area contributed by atoms with Crippen LogP contribution in [-0.2, 0) is 14.3 Å². The lowest BCUT2D eigenvalue weighted by atomic mass is 9.90. The molecule has 1 amide bonds. The third-order valence-corrected chi connectivity index (χ3v) is 5.17. The van der Waals surface area contributed by atoms with Crippen LogP contribution in [0.1, 0.15) is 5.69 Å². The van der Waals surface area contributed by atoms with Gasteiger partial charge in [0, 0.05) is 32.0 Å². The maximum atomic E-state index is 12.3. The van der Waals surface area contributed by atoms with Crippen LogP contribution in [0, 0.1) is 6.92 Å². The minimum Gasteiger partial charge on any atom is -0.383 e. The van der Waals surface area contributed by atoms with E-state index in [1.807, 2.05) is 20.0 Å². The van der Waals surface area contributed by atoms with Gasteiger partial charge in [-0.25, -0.2) is 4.98 Å². The van der Waals surface area contributed by atoms with Gasteiger partial charge in [0.1, 0.15) is 23.8 Å². The molecule has 0 saturated carbocycles. The lowest BCUT2D eigenvalue weighted by Gasteiger charge is -2.55. The Hall–Kier alpha value is -2.30. The van der Waals surface area contributed by atoms with Crippen LogP contribution in [-0.4, -0.2) is 95.6 Å². The van der Waals surface area contributed by atoms with Crippen LogP contribution in [0.5, 0.6) is 0 Å². The Morgan fingerprint density at radius 3 is 3.00 bits per heavy atom. The van der Waals surface area contributed by atoms with Crippen molar-refractivity contribution in [3.05, 3.63) is 18.1 Å². The molecule has 1 spiro atoms. The molecule has 4 rings (SSSR count). The number of likely N-dealkylation sites (N-methyl/N-ethyl adjacent to an activating group) is 1.